The molecule has 0 bridgehead atoms. The number of H-pyrrole nitrogens is 1. The van der Waals surface area contributed by atoms with Gasteiger partial charge in [-0.15, -0.1) is 0 Å². The molecule has 0 atom stereocenters. The van der Waals surface area contributed by atoms with Crippen LogP contribution in [0.15, 0.2) is 23.4 Å². The zero-order valence-corrected chi connectivity index (χ0v) is 9.80. The van der Waals surface area contributed by atoms with Gasteiger partial charge in [0.25, 0.3) is 5.56 Å². The Bertz CT molecular complexity index is 633. The van der Waals surface area contributed by atoms with Crippen LogP contribution >= 0.6 is 0 Å². The SMILES string of the molecule is COC(=O)c1cnc(-c2ncc(C)cn2)[nH]c1=O. The molecule has 1 N–H and O–H groups in total. The molecule has 0 radical (unpaired) electrons. The van der Waals surface area contributed by atoms with Gasteiger partial charge in [0.05, 0.1) is 7.11 Å². The lowest BCUT2D eigenvalue weighted by Gasteiger charge is -2.01. The molecule has 7 nitrogen and oxygen atoms in total. The maximum absolute atomic E-state index is 11.6. The lowest BCUT2D eigenvalue weighted by Crippen LogP contribution is -2.20. The van der Waals surface area contributed by atoms with E-state index in [4.69, 9.17) is 0 Å². The van der Waals surface area contributed by atoms with Crippen molar-refractivity contribution in [1.82, 2.24) is 19.9 Å². The van der Waals surface area contributed by atoms with Gasteiger partial charge in [0.1, 0.15) is 5.56 Å². The molecule has 7 heteroatoms. The molecule has 2 aromatic heterocycles. The number of aromatic amines is 1. The van der Waals surface area contributed by atoms with Crippen LogP contribution in [-0.4, -0.2) is 33.0 Å². The maximum Gasteiger partial charge on any atom is 0.345 e. The van der Waals surface area contributed by atoms with Gasteiger partial charge in [-0.05, 0) is 12.5 Å². The number of carbonyl (C=O) groups is 1. The third kappa shape index (κ3) is 2.24. The summed E-state index contributed by atoms with van der Waals surface area (Å²) < 4.78 is 4.45. The number of esters is 1. The Labute approximate surface area is 102 Å². The van der Waals surface area contributed by atoms with Gasteiger partial charge < -0.3 is 9.72 Å². The molecular weight excluding hydrogens is 236 g/mol. The van der Waals surface area contributed by atoms with Crippen molar-refractivity contribution >= 4 is 5.97 Å². The Kier molecular flexibility index (Phi) is 3.13. The Balaban J connectivity index is 2.43. The first-order valence-corrected chi connectivity index (χ1v) is 5.08. The molecule has 2 rings (SSSR count). The fourth-order valence-corrected chi connectivity index (χ4v) is 1.28. The summed E-state index contributed by atoms with van der Waals surface area (Å²) in [6, 6.07) is 0. The number of nitrogens with zero attached hydrogens (tertiary/aromatic N) is 3. The second kappa shape index (κ2) is 4.74. The Morgan fingerprint density at radius 1 is 1.22 bits per heavy atom. The molecule has 0 spiro atoms. The number of aryl methyl sites for hydroxylation is 1. The zero-order chi connectivity index (χ0) is 13.1. The summed E-state index contributed by atoms with van der Waals surface area (Å²) >= 11 is 0. The van der Waals surface area contributed by atoms with E-state index in [9.17, 15) is 9.59 Å². The van der Waals surface area contributed by atoms with Gasteiger partial charge in [-0.2, -0.15) is 0 Å². The summed E-state index contributed by atoms with van der Waals surface area (Å²) in [5.74, 6) is -0.248. The summed E-state index contributed by atoms with van der Waals surface area (Å²) in [7, 11) is 1.19. The molecular formula is C11H10N4O3. The summed E-state index contributed by atoms with van der Waals surface area (Å²) in [5.41, 5.74) is 0.150. The van der Waals surface area contributed by atoms with Crippen molar-refractivity contribution < 1.29 is 9.53 Å². The van der Waals surface area contributed by atoms with E-state index in [2.05, 4.69) is 24.7 Å². The van der Waals surface area contributed by atoms with Crippen molar-refractivity contribution in [2.45, 2.75) is 6.92 Å². The molecule has 0 fully saturated rings. The van der Waals surface area contributed by atoms with E-state index in [1.165, 1.54) is 7.11 Å². The van der Waals surface area contributed by atoms with Crippen molar-refractivity contribution in [3.05, 3.63) is 40.1 Å². The van der Waals surface area contributed by atoms with E-state index in [1.807, 2.05) is 6.92 Å². The third-order valence-electron chi connectivity index (χ3n) is 2.20. The van der Waals surface area contributed by atoms with Crippen molar-refractivity contribution in [2.24, 2.45) is 0 Å². The second-order valence-corrected chi connectivity index (χ2v) is 3.55. The van der Waals surface area contributed by atoms with Crippen LogP contribution in [-0.2, 0) is 4.74 Å². The van der Waals surface area contributed by atoms with Crippen LogP contribution in [0.25, 0.3) is 11.6 Å². The average Bonchev–Trinajstić information content (AvgIpc) is 2.38. The Morgan fingerprint density at radius 3 is 2.44 bits per heavy atom. The molecule has 0 unspecified atom stereocenters. The molecule has 0 aromatic carbocycles. The quantitative estimate of drug-likeness (QED) is 0.766. The van der Waals surface area contributed by atoms with Crippen LogP contribution in [0.2, 0.25) is 0 Å². The monoisotopic (exact) mass is 246 g/mol. The Hall–Kier alpha value is -2.57. The lowest BCUT2D eigenvalue weighted by molar-refractivity contribution is 0.0598. The first-order chi connectivity index (χ1) is 8.61. The predicted octanol–water partition coefficient (Wildman–Crippen LogP) is 0.322. The molecule has 0 saturated carbocycles. The first kappa shape index (κ1) is 11.9. The van der Waals surface area contributed by atoms with E-state index in [-0.39, 0.29) is 17.2 Å². The minimum Gasteiger partial charge on any atom is -0.465 e. The van der Waals surface area contributed by atoms with Gasteiger partial charge in [0.15, 0.2) is 11.6 Å². The van der Waals surface area contributed by atoms with Gasteiger partial charge in [-0.3, -0.25) is 4.79 Å². The summed E-state index contributed by atoms with van der Waals surface area (Å²) in [6.07, 6.45) is 4.36. The zero-order valence-electron chi connectivity index (χ0n) is 9.80. The maximum atomic E-state index is 11.6. The molecule has 0 saturated heterocycles. The van der Waals surface area contributed by atoms with E-state index in [0.717, 1.165) is 11.8 Å². The van der Waals surface area contributed by atoms with Crippen LogP contribution in [0.3, 0.4) is 0 Å². The van der Waals surface area contributed by atoms with Gasteiger partial charge in [-0.25, -0.2) is 19.7 Å². The number of carbonyl (C=O) groups excluding carboxylic acids is 1. The number of hydrogen-bond acceptors (Lipinski definition) is 6. The van der Waals surface area contributed by atoms with Crippen LogP contribution in [0, 0.1) is 6.92 Å². The fourth-order valence-electron chi connectivity index (χ4n) is 1.28. The Morgan fingerprint density at radius 2 is 1.89 bits per heavy atom. The highest BCUT2D eigenvalue weighted by Crippen LogP contribution is 2.06. The number of rotatable bonds is 2. The molecule has 0 aliphatic carbocycles. The standard InChI is InChI=1S/C11H10N4O3/c1-6-3-12-8(13-4-6)9-14-5-7(10(16)15-9)11(17)18-2/h3-5H,1-2H3,(H,14,15,16). The minimum atomic E-state index is -0.736. The summed E-state index contributed by atoms with van der Waals surface area (Å²) in [5, 5.41) is 0. The second-order valence-electron chi connectivity index (χ2n) is 3.55. The summed E-state index contributed by atoms with van der Waals surface area (Å²) in [4.78, 5) is 37.3. The third-order valence-corrected chi connectivity index (χ3v) is 2.20. The minimum absolute atomic E-state index is 0.159. The van der Waals surface area contributed by atoms with Crippen LogP contribution < -0.4 is 5.56 Å². The lowest BCUT2D eigenvalue weighted by atomic mass is 10.3. The fraction of sp³-hybridized carbons (Fsp3) is 0.182. The molecule has 0 amide bonds. The van der Waals surface area contributed by atoms with Gasteiger partial charge in [0.2, 0.25) is 0 Å². The van der Waals surface area contributed by atoms with E-state index in [1.54, 1.807) is 12.4 Å². The normalized spacial score (nSPS) is 10.1. The van der Waals surface area contributed by atoms with Crippen LogP contribution in [0.1, 0.15) is 15.9 Å². The topological polar surface area (TPSA) is 97.8 Å². The van der Waals surface area contributed by atoms with Gasteiger partial charge in [-0.1, -0.05) is 0 Å². The molecule has 0 aliphatic rings. The van der Waals surface area contributed by atoms with Gasteiger partial charge in [0, 0.05) is 18.6 Å². The first-order valence-electron chi connectivity index (χ1n) is 5.08. The average molecular weight is 246 g/mol. The van der Waals surface area contributed by atoms with E-state index < -0.39 is 11.5 Å². The van der Waals surface area contributed by atoms with Crippen LogP contribution in [0.4, 0.5) is 0 Å². The molecule has 2 aromatic rings. The molecule has 92 valence electrons. The van der Waals surface area contributed by atoms with Crippen molar-refractivity contribution in [3.63, 3.8) is 0 Å². The van der Waals surface area contributed by atoms with Gasteiger partial charge >= 0.3 is 5.97 Å². The van der Waals surface area contributed by atoms with E-state index in [0.29, 0.717) is 0 Å². The highest BCUT2D eigenvalue weighted by atomic mass is 16.5. The molecule has 0 aliphatic heterocycles. The number of methoxy groups -OCH3 is 1. The van der Waals surface area contributed by atoms with Crippen molar-refractivity contribution in [3.8, 4) is 11.6 Å². The predicted molar refractivity (Wildman–Crippen MR) is 62.0 cm³/mol. The summed E-state index contributed by atoms with van der Waals surface area (Å²) in [6.45, 7) is 1.85. The van der Waals surface area contributed by atoms with Crippen molar-refractivity contribution in [1.29, 1.82) is 0 Å². The number of ether oxygens (including phenoxy) is 1. The highest BCUT2D eigenvalue weighted by molar-refractivity contribution is 5.88. The van der Waals surface area contributed by atoms with E-state index >= 15 is 0 Å². The molecule has 2 heterocycles. The highest BCUT2D eigenvalue weighted by Gasteiger charge is 2.13. The number of nitrogens with one attached hydrogen (secondary N) is 1. The number of hydrogen-bond donors (Lipinski definition) is 1. The molecule has 18 heavy (non-hydrogen) atoms. The smallest absolute Gasteiger partial charge is 0.345 e. The van der Waals surface area contributed by atoms with Crippen LogP contribution in [0.5, 0.6) is 0 Å². The van der Waals surface area contributed by atoms with Crippen molar-refractivity contribution in [2.75, 3.05) is 7.11 Å². The largest absolute Gasteiger partial charge is 0.465 e. The number of aromatic nitrogens is 4.